The van der Waals surface area contributed by atoms with E-state index in [-0.39, 0.29) is 30.8 Å². The van der Waals surface area contributed by atoms with Gasteiger partial charge in [-0.25, -0.2) is 9.18 Å². The second kappa shape index (κ2) is 9.46. The molecule has 0 saturated heterocycles. The number of hydrogen-bond donors (Lipinski definition) is 1. The van der Waals surface area contributed by atoms with Crippen molar-refractivity contribution in [3.8, 4) is 11.5 Å². The normalized spacial score (nSPS) is 17.3. The summed E-state index contributed by atoms with van der Waals surface area (Å²) < 4.78 is 19.3. The summed E-state index contributed by atoms with van der Waals surface area (Å²) in [6.07, 6.45) is 1.63. The van der Waals surface area contributed by atoms with Crippen LogP contribution in [0.1, 0.15) is 17.2 Å². The summed E-state index contributed by atoms with van der Waals surface area (Å²) in [4.78, 5) is 29.8. The molecule has 0 saturated carbocycles. The summed E-state index contributed by atoms with van der Waals surface area (Å²) in [6, 6.07) is 21.9. The Morgan fingerprint density at radius 1 is 1.00 bits per heavy atom. The molecule has 0 radical (unpaired) electrons. The molecule has 176 valence electrons. The SMILES string of the molecule is C=CCN1C(=O)N[C@H](c2cccc(Oc3ccccc3)c2)C2=C1CN(Cc1ccc(F)cc1)C2=O. The van der Waals surface area contributed by atoms with Gasteiger partial charge in [0.05, 0.1) is 23.9 Å². The lowest BCUT2D eigenvalue weighted by Crippen LogP contribution is -2.47. The molecular weight excluding hydrogens is 445 g/mol. The molecule has 3 aromatic carbocycles. The van der Waals surface area contributed by atoms with Gasteiger partial charge in [-0.2, -0.15) is 0 Å². The number of amides is 3. The van der Waals surface area contributed by atoms with Gasteiger partial charge in [0.1, 0.15) is 17.3 Å². The summed E-state index contributed by atoms with van der Waals surface area (Å²) in [5.74, 6) is 0.797. The lowest BCUT2D eigenvalue weighted by molar-refractivity contribution is -0.126. The molecule has 3 amide bonds. The van der Waals surface area contributed by atoms with Gasteiger partial charge >= 0.3 is 6.03 Å². The summed E-state index contributed by atoms with van der Waals surface area (Å²) in [5, 5.41) is 2.98. The van der Waals surface area contributed by atoms with E-state index in [1.165, 1.54) is 12.1 Å². The topological polar surface area (TPSA) is 61.9 Å². The molecule has 2 heterocycles. The minimum Gasteiger partial charge on any atom is -0.457 e. The number of ether oxygens (including phenoxy) is 1. The van der Waals surface area contributed by atoms with Crippen LogP contribution in [0.5, 0.6) is 11.5 Å². The third-order valence-electron chi connectivity index (χ3n) is 6.07. The van der Waals surface area contributed by atoms with Gasteiger partial charge in [-0.3, -0.25) is 9.69 Å². The van der Waals surface area contributed by atoms with E-state index in [9.17, 15) is 14.0 Å². The standard InChI is InChI=1S/C28H24FN3O3/c1-2-15-32-24-18-31(17-19-11-13-21(29)14-12-19)27(33)25(24)26(30-28(32)34)20-7-6-10-23(16-20)35-22-8-4-3-5-9-22/h2-14,16,26H,1,15,17-18H2,(H,30,34)/t26-/m1/s1. The average molecular weight is 470 g/mol. The smallest absolute Gasteiger partial charge is 0.322 e. The van der Waals surface area contributed by atoms with Crippen LogP contribution < -0.4 is 10.1 Å². The molecule has 3 aromatic rings. The minimum atomic E-state index is -0.622. The quantitative estimate of drug-likeness (QED) is 0.486. The van der Waals surface area contributed by atoms with Crippen LogP contribution >= 0.6 is 0 Å². The Morgan fingerprint density at radius 2 is 1.74 bits per heavy atom. The van der Waals surface area contributed by atoms with Crippen molar-refractivity contribution in [3.05, 3.63) is 120 Å². The van der Waals surface area contributed by atoms with Gasteiger partial charge in [-0.1, -0.05) is 48.5 Å². The lowest BCUT2D eigenvalue weighted by atomic mass is 9.95. The van der Waals surface area contributed by atoms with Gasteiger partial charge in [-0.05, 0) is 47.5 Å². The van der Waals surface area contributed by atoms with Crippen molar-refractivity contribution in [2.75, 3.05) is 13.1 Å². The molecule has 0 aliphatic carbocycles. The van der Waals surface area contributed by atoms with Crippen LogP contribution in [0.15, 0.2) is 103 Å². The van der Waals surface area contributed by atoms with E-state index in [2.05, 4.69) is 11.9 Å². The van der Waals surface area contributed by atoms with E-state index < -0.39 is 6.04 Å². The Labute approximate surface area is 202 Å². The lowest BCUT2D eigenvalue weighted by Gasteiger charge is -2.33. The fraction of sp³-hybridized carbons (Fsp3) is 0.143. The molecule has 0 unspecified atom stereocenters. The van der Waals surface area contributed by atoms with Crippen molar-refractivity contribution >= 4 is 11.9 Å². The zero-order valence-electron chi connectivity index (χ0n) is 19.0. The van der Waals surface area contributed by atoms with E-state index in [0.29, 0.717) is 29.3 Å². The number of halogens is 1. The van der Waals surface area contributed by atoms with Crippen molar-refractivity contribution in [1.82, 2.24) is 15.1 Å². The van der Waals surface area contributed by atoms with Gasteiger partial charge in [0.2, 0.25) is 0 Å². The fourth-order valence-electron chi connectivity index (χ4n) is 4.44. The van der Waals surface area contributed by atoms with Crippen molar-refractivity contribution in [2.45, 2.75) is 12.6 Å². The molecule has 2 aliphatic heterocycles. The summed E-state index contributed by atoms with van der Waals surface area (Å²) >= 11 is 0. The van der Waals surface area contributed by atoms with E-state index in [1.54, 1.807) is 28.0 Å². The monoisotopic (exact) mass is 469 g/mol. The number of hydrogen-bond acceptors (Lipinski definition) is 3. The maximum Gasteiger partial charge on any atom is 0.322 e. The third kappa shape index (κ3) is 4.53. The van der Waals surface area contributed by atoms with Crippen molar-refractivity contribution in [2.24, 2.45) is 0 Å². The predicted octanol–water partition coefficient (Wildman–Crippen LogP) is 5.17. The second-order valence-electron chi connectivity index (χ2n) is 8.42. The molecule has 0 aromatic heterocycles. The molecule has 0 bridgehead atoms. The van der Waals surface area contributed by atoms with Gasteiger partial charge in [0.15, 0.2) is 0 Å². The van der Waals surface area contributed by atoms with Crippen LogP contribution in [0.25, 0.3) is 0 Å². The highest BCUT2D eigenvalue weighted by molar-refractivity contribution is 6.01. The first kappa shape index (κ1) is 22.4. The number of carbonyl (C=O) groups is 2. The van der Waals surface area contributed by atoms with Crippen molar-refractivity contribution in [3.63, 3.8) is 0 Å². The van der Waals surface area contributed by atoms with Gasteiger partial charge in [0.25, 0.3) is 5.91 Å². The summed E-state index contributed by atoms with van der Waals surface area (Å²) in [7, 11) is 0. The Morgan fingerprint density at radius 3 is 2.49 bits per heavy atom. The maximum absolute atomic E-state index is 13.6. The summed E-state index contributed by atoms with van der Waals surface area (Å²) in [5.41, 5.74) is 2.73. The van der Waals surface area contributed by atoms with E-state index >= 15 is 0 Å². The van der Waals surface area contributed by atoms with Crippen molar-refractivity contribution < 1.29 is 18.7 Å². The highest BCUT2D eigenvalue weighted by atomic mass is 19.1. The maximum atomic E-state index is 13.6. The molecule has 5 rings (SSSR count). The van der Waals surface area contributed by atoms with E-state index in [4.69, 9.17) is 4.74 Å². The molecular formula is C28H24FN3O3. The molecule has 0 spiro atoms. The molecule has 35 heavy (non-hydrogen) atoms. The van der Waals surface area contributed by atoms with Gasteiger partial charge in [0, 0.05) is 13.1 Å². The fourth-order valence-corrected chi connectivity index (χ4v) is 4.44. The van der Waals surface area contributed by atoms with Crippen LogP contribution in [0.2, 0.25) is 0 Å². The predicted molar refractivity (Wildman–Crippen MR) is 130 cm³/mol. The molecule has 1 atom stereocenters. The number of rotatable bonds is 7. The van der Waals surface area contributed by atoms with Gasteiger partial charge < -0.3 is 15.0 Å². The van der Waals surface area contributed by atoms with Crippen LogP contribution in [0.4, 0.5) is 9.18 Å². The van der Waals surface area contributed by atoms with Crippen LogP contribution in [-0.2, 0) is 11.3 Å². The molecule has 0 fully saturated rings. The number of benzene rings is 3. The van der Waals surface area contributed by atoms with Crippen molar-refractivity contribution in [1.29, 1.82) is 0 Å². The Bertz CT molecular complexity index is 1300. The van der Waals surface area contributed by atoms with E-state index in [1.807, 2.05) is 54.6 Å². The molecule has 7 heteroatoms. The number of nitrogens with zero attached hydrogens (tertiary/aromatic N) is 2. The first-order valence-electron chi connectivity index (χ1n) is 11.3. The van der Waals surface area contributed by atoms with E-state index in [0.717, 1.165) is 11.1 Å². The Balaban J connectivity index is 1.47. The van der Waals surface area contributed by atoms with Crippen LogP contribution in [-0.4, -0.2) is 34.8 Å². The first-order valence-corrected chi connectivity index (χ1v) is 11.3. The minimum absolute atomic E-state index is 0.169. The zero-order chi connectivity index (χ0) is 24.4. The molecule has 6 nitrogen and oxygen atoms in total. The highest BCUT2D eigenvalue weighted by Crippen LogP contribution is 2.38. The van der Waals surface area contributed by atoms with Crippen LogP contribution in [0.3, 0.4) is 0 Å². The Kier molecular flexibility index (Phi) is 6.06. The number of nitrogens with one attached hydrogen (secondary N) is 1. The molecule has 1 N–H and O–H groups in total. The van der Waals surface area contributed by atoms with Crippen LogP contribution in [0, 0.1) is 5.82 Å². The zero-order valence-corrected chi connectivity index (χ0v) is 19.0. The summed E-state index contributed by atoms with van der Waals surface area (Å²) in [6.45, 7) is 4.63. The Hall–Kier alpha value is -4.39. The largest absolute Gasteiger partial charge is 0.457 e. The number of urea groups is 1. The average Bonchev–Trinajstić information content (AvgIpc) is 3.18. The highest BCUT2D eigenvalue weighted by Gasteiger charge is 2.43. The second-order valence-corrected chi connectivity index (χ2v) is 8.42. The number of para-hydroxylation sites is 1. The first-order chi connectivity index (χ1) is 17.0. The number of carbonyl (C=O) groups excluding carboxylic acids is 2. The molecule has 2 aliphatic rings. The van der Waals surface area contributed by atoms with Gasteiger partial charge in [-0.15, -0.1) is 6.58 Å². The third-order valence-corrected chi connectivity index (χ3v) is 6.07.